The average molecular weight is 622 g/mol. The smallest absolute Gasteiger partial charge is 0.127 e. The molecule has 0 amide bonds. The van der Waals surface area contributed by atoms with E-state index in [0.717, 1.165) is 44.4 Å². The molecule has 37 heavy (non-hydrogen) atoms. The Hall–Kier alpha value is -2.60. The molecule has 0 radical (unpaired) electrons. The molecule has 2 aliphatic heterocycles. The van der Waals surface area contributed by atoms with Crippen LogP contribution in [0.15, 0.2) is 93.9 Å². The van der Waals surface area contributed by atoms with Crippen molar-refractivity contribution in [3.63, 3.8) is 0 Å². The highest BCUT2D eigenvalue weighted by molar-refractivity contribution is 9.10. The van der Waals surface area contributed by atoms with Crippen LogP contribution in [0.3, 0.4) is 0 Å². The number of fused-ring (bicyclic) bond motifs is 2. The lowest BCUT2D eigenvalue weighted by Gasteiger charge is -2.30. The van der Waals surface area contributed by atoms with Crippen LogP contribution in [0.1, 0.15) is 64.5 Å². The number of halogens is 2. The molecule has 190 valence electrons. The highest BCUT2D eigenvalue weighted by atomic mass is 79.9. The normalized spacial score (nSPS) is 19.9. The van der Waals surface area contributed by atoms with E-state index in [9.17, 15) is 5.11 Å². The summed E-state index contributed by atoms with van der Waals surface area (Å²) in [6, 6.07) is 28.7. The molecule has 0 bridgehead atoms. The van der Waals surface area contributed by atoms with Crippen molar-refractivity contribution in [1.29, 1.82) is 0 Å². The molecule has 4 aromatic carbocycles. The second kappa shape index (κ2) is 11.4. The van der Waals surface area contributed by atoms with Crippen molar-refractivity contribution in [2.45, 2.75) is 51.4 Å². The summed E-state index contributed by atoms with van der Waals surface area (Å²) in [5, 5.41) is 10.3. The molecule has 0 saturated heterocycles. The quantitative estimate of drug-likeness (QED) is 0.242. The van der Waals surface area contributed by atoms with Gasteiger partial charge in [-0.15, -0.1) is 0 Å². The number of aryl methyl sites for hydroxylation is 3. The Balaban J connectivity index is 0.000000152. The number of hydrogen-bond donors (Lipinski definition) is 1. The number of hydrogen-bond acceptors (Lipinski definition) is 3. The Kier molecular flexibility index (Phi) is 8.04. The van der Waals surface area contributed by atoms with Gasteiger partial charge in [-0.1, -0.05) is 80.4 Å². The van der Waals surface area contributed by atoms with Gasteiger partial charge in [0, 0.05) is 20.9 Å². The van der Waals surface area contributed by atoms with Gasteiger partial charge >= 0.3 is 0 Å². The lowest BCUT2D eigenvalue weighted by Crippen LogP contribution is -2.19. The van der Waals surface area contributed by atoms with Gasteiger partial charge in [-0.25, -0.2) is 0 Å². The van der Waals surface area contributed by atoms with Crippen LogP contribution in [0.4, 0.5) is 0 Å². The summed E-state index contributed by atoms with van der Waals surface area (Å²) in [6.07, 6.45) is 2.35. The van der Waals surface area contributed by atoms with E-state index in [-0.39, 0.29) is 12.2 Å². The Morgan fingerprint density at radius 1 is 0.676 bits per heavy atom. The van der Waals surface area contributed by atoms with Crippen molar-refractivity contribution in [3.05, 3.63) is 127 Å². The summed E-state index contributed by atoms with van der Waals surface area (Å²) in [6.45, 7) is 4.22. The van der Waals surface area contributed by atoms with Gasteiger partial charge in [0.2, 0.25) is 0 Å². The molecule has 2 aliphatic rings. The molecule has 3 unspecified atom stereocenters. The van der Waals surface area contributed by atoms with Crippen molar-refractivity contribution >= 4 is 31.9 Å². The molecule has 0 aliphatic carbocycles. The first-order chi connectivity index (χ1) is 17.9. The lowest BCUT2D eigenvalue weighted by molar-refractivity contribution is 0.0654. The van der Waals surface area contributed by atoms with E-state index in [4.69, 9.17) is 9.47 Å². The number of rotatable bonds is 2. The van der Waals surface area contributed by atoms with Crippen molar-refractivity contribution in [2.24, 2.45) is 0 Å². The molecule has 0 fully saturated rings. The first-order valence-corrected chi connectivity index (χ1v) is 14.2. The van der Waals surface area contributed by atoms with Crippen molar-refractivity contribution < 1.29 is 14.6 Å². The SMILES string of the molecule is Cc1ccccc1C1CC(O)c2cc(Br)ccc2O1.Cc1ccccc1C1CCc2cc(Br)ccc2O1. The maximum absolute atomic E-state index is 10.3. The van der Waals surface area contributed by atoms with Crippen LogP contribution >= 0.6 is 31.9 Å². The second-order valence-corrected chi connectivity index (χ2v) is 11.5. The van der Waals surface area contributed by atoms with Crippen LogP contribution in [-0.2, 0) is 6.42 Å². The molecule has 6 rings (SSSR count). The fourth-order valence-corrected chi connectivity index (χ4v) is 5.87. The van der Waals surface area contributed by atoms with E-state index in [2.05, 4.69) is 94.2 Å². The number of ether oxygens (including phenoxy) is 2. The maximum atomic E-state index is 10.3. The fraction of sp³-hybridized carbons (Fsp3) is 0.250. The third-order valence-electron chi connectivity index (χ3n) is 7.08. The molecule has 2 heterocycles. The van der Waals surface area contributed by atoms with Gasteiger partial charge in [0.05, 0.1) is 6.10 Å². The van der Waals surface area contributed by atoms with E-state index >= 15 is 0 Å². The first-order valence-electron chi connectivity index (χ1n) is 12.6. The summed E-state index contributed by atoms with van der Waals surface area (Å²) < 4.78 is 14.3. The van der Waals surface area contributed by atoms with Crippen molar-refractivity contribution in [1.82, 2.24) is 0 Å². The monoisotopic (exact) mass is 620 g/mol. The summed E-state index contributed by atoms with van der Waals surface area (Å²) in [7, 11) is 0. The Morgan fingerprint density at radius 3 is 1.92 bits per heavy atom. The average Bonchev–Trinajstić information content (AvgIpc) is 2.90. The van der Waals surface area contributed by atoms with Gasteiger partial charge in [-0.3, -0.25) is 0 Å². The van der Waals surface area contributed by atoms with Crippen LogP contribution in [0, 0.1) is 13.8 Å². The first kappa shape index (κ1) is 26.0. The molecule has 5 heteroatoms. The van der Waals surface area contributed by atoms with Crippen LogP contribution < -0.4 is 9.47 Å². The third-order valence-corrected chi connectivity index (χ3v) is 8.06. The predicted molar refractivity (Wildman–Crippen MR) is 155 cm³/mol. The second-order valence-electron chi connectivity index (χ2n) is 9.65. The molecule has 4 aromatic rings. The molecule has 3 atom stereocenters. The molecule has 3 nitrogen and oxygen atoms in total. The van der Waals surface area contributed by atoms with Gasteiger partial charge in [-0.05, 0) is 90.9 Å². The number of benzene rings is 4. The summed E-state index contributed by atoms with van der Waals surface area (Å²) >= 11 is 6.93. The zero-order chi connectivity index (χ0) is 25.9. The topological polar surface area (TPSA) is 38.7 Å². The van der Waals surface area contributed by atoms with Gasteiger partial charge in [-0.2, -0.15) is 0 Å². The molecule has 1 N–H and O–H groups in total. The zero-order valence-electron chi connectivity index (χ0n) is 21.0. The Bertz CT molecular complexity index is 1400. The third kappa shape index (κ3) is 5.95. The van der Waals surface area contributed by atoms with Gasteiger partial charge in [0.1, 0.15) is 23.7 Å². The standard InChI is InChI=1S/C16H15BrO2.C16H15BrO/c1-10-4-2-3-5-12(10)16-9-14(18)13-8-11(17)6-7-15(13)19-16;1-11-4-2-3-5-14(11)16-8-6-12-10-13(17)7-9-15(12)18-16/h2-8,14,16,18H,9H2,1H3;2-5,7,9-10,16H,6,8H2,1H3. The highest BCUT2D eigenvalue weighted by Crippen LogP contribution is 2.42. The highest BCUT2D eigenvalue weighted by Gasteiger charge is 2.29. The molecule has 0 spiro atoms. The Morgan fingerprint density at radius 2 is 1.24 bits per heavy atom. The number of aliphatic hydroxyl groups excluding tert-OH is 1. The minimum absolute atomic E-state index is 0.0788. The maximum Gasteiger partial charge on any atom is 0.127 e. The van der Waals surface area contributed by atoms with Crippen LogP contribution in [0.5, 0.6) is 11.5 Å². The van der Waals surface area contributed by atoms with Crippen LogP contribution in [0.2, 0.25) is 0 Å². The van der Waals surface area contributed by atoms with Crippen LogP contribution in [0.25, 0.3) is 0 Å². The minimum atomic E-state index is -0.481. The molecule has 0 saturated carbocycles. The minimum Gasteiger partial charge on any atom is -0.485 e. The largest absolute Gasteiger partial charge is 0.485 e. The van der Waals surface area contributed by atoms with E-state index in [0.29, 0.717) is 6.42 Å². The van der Waals surface area contributed by atoms with E-state index in [1.165, 1.54) is 22.3 Å². The predicted octanol–water partition coefficient (Wildman–Crippen LogP) is 9.14. The van der Waals surface area contributed by atoms with Crippen LogP contribution in [-0.4, -0.2) is 5.11 Å². The summed E-state index contributed by atoms with van der Waals surface area (Å²) in [5.41, 5.74) is 7.12. The number of aliphatic hydroxyl groups is 1. The van der Waals surface area contributed by atoms with Gasteiger partial charge < -0.3 is 14.6 Å². The molecule has 0 aromatic heterocycles. The molecular weight excluding hydrogens is 592 g/mol. The van der Waals surface area contributed by atoms with E-state index in [1.54, 1.807) is 0 Å². The Labute approximate surface area is 235 Å². The summed E-state index contributed by atoms with van der Waals surface area (Å²) in [5.74, 6) is 1.80. The van der Waals surface area contributed by atoms with Crippen molar-refractivity contribution in [3.8, 4) is 11.5 Å². The van der Waals surface area contributed by atoms with E-state index < -0.39 is 6.10 Å². The van der Waals surface area contributed by atoms with Crippen molar-refractivity contribution in [2.75, 3.05) is 0 Å². The van der Waals surface area contributed by atoms with Gasteiger partial charge in [0.25, 0.3) is 0 Å². The van der Waals surface area contributed by atoms with E-state index in [1.807, 2.05) is 36.4 Å². The fourth-order valence-electron chi connectivity index (χ4n) is 5.08. The lowest BCUT2D eigenvalue weighted by atomic mass is 9.93. The van der Waals surface area contributed by atoms with Gasteiger partial charge in [0.15, 0.2) is 0 Å². The molecular formula is C32H30Br2O3. The summed E-state index contributed by atoms with van der Waals surface area (Å²) in [4.78, 5) is 0. The zero-order valence-corrected chi connectivity index (χ0v) is 24.1.